The molecule has 2 N–H and O–H groups in total. The van der Waals surface area contributed by atoms with Gasteiger partial charge in [0.2, 0.25) is 0 Å². The van der Waals surface area contributed by atoms with E-state index in [9.17, 15) is 4.79 Å². The Balaban J connectivity index is 2.16. The zero-order chi connectivity index (χ0) is 11.5. The van der Waals surface area contributed by atoms with E-state index < -0.39 is 0 Å². The molecule has 16 heavy (non-hydrogen) atoms. The Morgan fingerprint density at radius 2 is 2.31 bits per heavy atom. The van der Waals surface area contributed by atoms with E-state index in [1.807, 2.05) is 13.8 Å². The zero-order valence-electron chi connectivity index (χ0n) is 9.58. The second-order valence-corrected chi connectivity index (χ2v) is 4.03. The van der Waals surface area contributed by atoms with E-state index in [1.165, 1.54) is 0 Å². The molecule has 1 saturated heterocycles. The molecule has 0 atom stereocenters. The number of nitrogens with zero attached hydrogens (tertiary/aromatic N) is 2. The van der Waals surface area contributed by atoms with Crippen LogP contribution in [0.3, 0.4) is 0 Å². The van der Waals surface area contributed by atoms with Crippen LogP contribution in [0.1, 0.15) is 28.7 Å². The van der Waals surface area contributed by atoms with Crippen LogP contribution in [-0.4, -0.2) is 35.2 Å². The average molecular weight is 220 g/mol. The van der Waals surface area contributed by atoms with Crippen LogP contribution in [0.4, 0.5) is 0 Å². The van der Waals surface area contributed by atoms with Crippen molar-refractivity contribution in [2.45, 2.75) is 26.3 Å². The van der Waals surface area contributed by atoms with E-state index in [0.717, 1.165) is 30.9 Å². The standard InChI is InChI=1S/C11H16N4O/c1-3-10-9(4-7(2)14-15-10)11(16)13-8-5-12-6-8/h4,8,12H,3,5-6H2,1-2H3,(H,13,16). The lowest BCUT2D eigenvalue weighted by Gasteiger charge is -2.28. The van der Waals surface area contributed by atoms with Gasteiger partial charge in [0.15, 0.2) is 0 Å². The number of amides is 1. The first-order chi connectivity index (χ1) is 7.70. The average Bonchev–Trinajstić information content (AvgIpc) is 2.23. The first kappa shape index (κ1) is 11.0. The van der Waals surface area contributed by atoms with Crippen LogP contribution in [0, 0.1) is 6.92 Å². The fourth-order valence-electron chi connectivity index (χ4n) is 1.63. The molecule has 0 aliphatic carbocycles. The summed E-state index contributed by atoms with van der Waals surface area (Å²) in [7, 11) is 0. The maximum Gasteiger partial charge on any atom is 0.253 e. The molecule has 0 aromatic carbocycles. The molecule has 1 aliphatic heterocycles. The van der Waals surface area contributed by atoms with Gasteiger partial charge in [0.1, 0.15) is 0 Å². The summed E-state index contributed by atoms with van der Waals surface area (Å²) in [6.07, 6.45) is 0.721. The fourth-order valence-corrected chi connectivity index (χ4v) is 1.63. The van der Waals surface area contributed by atoms with E-state index in [2.05, 4.69) is 20.8 Å². The molecule has 1 aliphatic rings. The summed E-state index contributed by atoms with van der Waals surface area (Å²) < 4.78 is 0. The molecule has 1 fully saturated rings. The Labute approximate surface area is 94.6 Å². The highest BCUT2D eigenvalue weighted by Gasteiger charge is 2.21. The molecule has 2 heterocycles. The van der Waals surface area contributed by atoms with Crippen LogP contribution in [0.25, 0.3) is 0 Å². The van der Waals surface area contributed by atoms with Crippen LogP contribution in [-0.2, 0) is 6.42 Å². The van der Waals surface area contributed by atoms with Crippen molar-refractivity contribution >= 4 is 5.91 Å². The molecule has 86 valence electrons. The van der Waals surface area contributed by atoms with E-state index in [0.29, 0.717) is 5.56 Å². The Morgan fingerprint density at radius 1 is 1.56 bits per heavy atom. The van der Waals surface area contributed by atoms with E-state index >= 15 is 0 Å². The van der Waals surface area contributed by atoms with Gasteiger partial charge in [-0.3, -0.25) is 4.79 Å². The molecule has 0 bridgehead atoms. The number of carbonyl (C=O) groups is 1. The van der Waals surface area contributed by atoms with Crippen molar-refractivity contribution in [3.63, 3.8) is 0 Å². The summed E-state index contributed by atoms with van der Waals surface area (Å²) in [5, 5.41) is 14.1. The molecular formula is C11H16N4O. The molecule has 1 amide bonds. The molecule has 1 aromatic heterocycles. The molecule has 0 spiro atoms. The number of rotatable bonds is 3. The van der Waals surface area contributed by atoms with Gasteiger partial charge in [0.25, 0.3) is 5.91 Å². The van der Waals surface area contributed by atoms with Gasteiger partial charge in [-0.15, -0.1) is 0 Å². The monoisotopic (exact) mass is 220 g/mol. The molecule has 1 aromatic rings. The predicted molar refractivity (Wildman–Crippen MR) is 60.3 cm³/mol. The normalized spacial score (nSPS) is 15.6. The molecule has 5 heteroatoms. The number of carbonyl (C=O) groups excluding carboxylic acids is 1. The third-order valence-corrected chi connectivity index (χ3v) is 2.69. The van der Waals surface area contributed by atoms with Crippen LogP contribution in [0.2, 0.25) is 0 Å². The highest BCUT2D eigenvalue weighted by atomic mass is 16.1. The van der Waals surface area contributed by atoms with Crippen molar-refractivity contribution in [1.82, 2.24) is 20.8 Å². The maximum atomic E-state index is 12.0. The van der Waals surface area contributed by atoms with Crippen molar-refractivity contribution < 1.29 is 4.79 Å². The van der Waals surface area contributed by atoms with E-state index in [4.69, 9.17) is 0 Å². The Kier molecular flexibility index (Phi) is 3.14. The van der Waals surface area contributed by atoms with Crippen molar-refractivity contribution in [2.75, 3.05) is 13.1 Å². The molecule has 2 rings (SSSR count). The Bertz CT molecular complexity index is 401. The summed E-state index contributed by atoms with van der Waals surface area (Å²) in [6, 6.07) is 2.05. The number of aryl methyl sites for hydroxylation is 2. The number of hydrogen-bond donors (Lipinski definition) is 2. The van der Waals surface area contributed by atoms with Crippen LogP contribution >= 0.6 is 0 Å². The lowest BCUT2D eigenvalue weighted by Crippen LogP contribution is -2.57. The SMILES string of the molecule is CCc1nnc(C)cc1C(=O)NC1CNC1. The second-order valence-electron chi connectivity index (χ2n) is 4.03. The lowest BCUT2D eigenvalue weighted by atomic mass is 10.1. The summed E-state index contributed by atoms with van der Waals surface area (Å²) in [5.74, 6) is -0.0404. The topological polar surface area (TPSA) is 66.9 Å². The first-order valence-corrected chi connectivity index (χ1v) is 5.55. The van der Waals surface area contributed by atoms with Gasteiger partial charge in [-0.25, -0.2) is 0 Å². The van der Waals surface area contributed by atoms with Gasteiger partial charge in [-0.1, -0.05) is 6.92 Å². The second kappa shape index (κ2) is 4.57. The highest BCUT2D eigenvalue weighted by molar-refractivity contribution is 5.95. The first-order valence-electron chi connectivity index (χ1n) is 5.55. The number of nitrogens with one attached hydrogen (secondary N) is 2. The zero-order valence-corrected chi connectivity index (χ0v) is 9.58. The summed E-state index contributed by atoms with van der Waals surface area (Å²) in [5.41, 5.74) is 2.19. The fraction of sp³-hybridized carbons (Fsp3) is 0.545. The quantitative estimate of drug-likeness (QED) is 0.755. The van der Waals surface area contributed by atoms with Crippen molar-refractivity contribution in [3.05, 3.63) is 23.0 Å². The van der Waals surface area contributed by atoms with Crippen LogP contribution in [0.15, 0.2) is 6.07 Å². The van der Waals surface area contributed by atoms with Gasteiger partial charge in [0.05, 0.1) is 23.0 Å². The van der Waals surface area contributed by atoms with E-state index in [-0.39, 0.29) is 11.9 Å². The molecule has 0 saturated carbocycles. The number of hydrogen-bond acceptors (Lipinski definition) is 4. The minimum Gasteiger partial charge on any atom is -0.347 e. The van der Waals surface area contributed by atoms with Gasteiger partial charge >= 0.3 is 0 Å². The minimum absolute atomic E-state index is 0.0404. The molecule has 0 unspecified atom stereocenters. The lowest BCUT2D eigenvalue weighted by molar-refractivity contribution is 0.0922. The Hall–Kier alpha value is -1.49. The van der Waals surface area contributed by atoms with Crippen molar-refractivity contribution in [1.29, 1.82) is 0 Å². The molecule has 0 radical (unpaired) electrons. The minimum atomic E-state index is -0.0404. The summed E-state index contributed by atoms with van der Waals surface area (Å²) >= 11 is 0. The predicted octanol–water partition coefficient (Wildman–Crippen LogP) is 0.0490. The smallest absolute Gasteiger partial charge is 0.253 e. The van der Waals surface area contributed by atoms with E-state index in [1.54, 1.807) is 6.07 Å². The third-order valence-electron chi connectivity index (χ3n) is 2.69. The Morgan fingerprint density at radius 3 is 2.88 bits per heavy atom. The molecular weight excluding hydrogens is 204 g/mol. The highest BCUT2D eigenvalue weighted by Crippen LogP contribution is 2.08. The maximum absolute atomic E-state index is 12.0. The van der Waals surface area contributed by atoms with Crippen molar-refractivity contribution in [2.24, 2.45) is 0 Å². The van der Waals surface area contributed by atoms with Gasteiger partial charge < -0.3 is 10.6 Å². The van der Waals surface area contributed by atoms with Gasteiger partial charge in [0, 0.05) is 13.1 Å². The largest absolute Gasteiger partial charge is 0.347 e. The van der Waals surface area contributed by atoms with Gasteiger partial charge in [-0.2, -0.15) is 10.2 Å². The van der Waals surface area contributed by atoms with Gasteiger partial charge in [-0.05, 0) is 19.4 Å². The summed E-state index contributed by atoms with van der Waals surface area (Å²) in [4.78, 5) is 12.0. The summed E-state index contributed by atoms with van der Waals surface area (Å²) in [6.45, 7) is 5.52. The third kappa shape index (κ3) is 2.19. The number of aromatic nitrogens is 2. The van der Waals surface area contributed by atoms with Crippen molar-refractivity contribution in [3.8, 4) is 0 Å². The molecule has 5 nitrogen and oxygen atoms in total. The van der Waals surface area contributed by atoms with Crippen LogP contribution < -0.4 is 10.6 Å². The van der Waals surface area contributed by atoms with Crippen LogP contribution in [0.5, 0.6) is 0 Å².